The lowest BCUT2D eigenvalue weighted by molar-refractivity contribution is -0.117. The van der Waals surface area contributed by atoms with E-state index in [2.05, 4.69) is 31.9 Å². The molecule has 0 aliphatic rings. The zero-order valence-corrected chi connectivity index (χ0v) is 10.1. The van der Waals surface area contributed by atoms with Gasteiger partial charge in [-0.25, -0.2) is 0 Å². The summed E-state index contributed by atoms with van der Waals surface area (Å²) < 4.78 is 0.610. The summed E-state index contributed by atoms with van der Waals surface area (Å²) in [6, 6.07) is 1.30. The Kier molecular flexibility index (Phi) is 3.38. The van der Waals surface area contributed by atoms with E-state index in [-0.39, 0.29) is 28.0 Å². The van der Waals surface area contributed by atoms with Crippen LogP contribution in [0.4, 0.5) is 0 Å². The Labute approximate surface area is 97.0 Å². The first-order valence-electron chi connectivity index (χ1n) is 3.60. The van der Waals surface area contributed by atoms with Crippen molar-refractivity contribution in [1.29, 1.82) is 0 Å². The molecule has 0 aliphatic carbocycles. The molecule has 1 aromatic carbocycles. The molecule has 1 amide bonds. The Hall–Kier alpha value is -0.750. The number of benzene rings is 1. The van der Waals surface area contributed by atoms with Crippen molar-refractivity contribution >= 4 is 37.8 Å². The first-order chi connectivity index (χ1) is 6.43. The largest absolute Gasteiger partial charge is 0.508 e. The fraction of sp³-hybridized carbons (Fsp3) is 0.125. The van der Waals surface area contributed by atoms with Gasteiger partial charge in [-0.05, 0) is 37.9 Å². The molecule has 0 atom stereocenters. The number of rotatable bonds is 2. The van der Waals surface area contributed by atoms with Crippen molar-refractivity contribution in [3.63, 3.8) is 0 Å². The highest BCUT2D eigenvalue weighted by Gasteiger charge is 2.15. The maximum atomic E-state index is 10.7. The number of primary amides is 1. The summed E-state index contributed by atoms with van der Waals surface area (Å²) in [6.45, 7) is 0. The van der Waals surface area contributed by atoms with Crippen molar-refractivity contribution in [1.82, 2.24) is 0 Å². The molecule has 0 saturated carbocycles. The van der Waals surface area contributed by atoms with Crippen LogP contribution in [0.3, 0.4) is 0 Å². The molecule has 1 rings (SSSR count). The zero-order valence-electron chi connectivity index (χ0n) is 6.92. The Morgan fingerprint density at radius 2 is 2.00 bits per heavy atom. The molecule has 0 radical (unpaired) electrons. The molecule has 0 aliphatic heterocycles. The van der Waals surface area contributed by atoms with Crippen molar-refractivity contribution < 1.29 is 15.0 Å². The van der Waals surface area contributed by atoms with Crippen LogP contribution >= 0.6 is 31.9 Å². The van der Waals surface area contributed by atoms with Gasteiger partial charge in [-0.1, -0.05) is 0 Å². The van der Waals surface area contributed by atoms with E-state index in [1.54, 1.807) is 0 Å². The number of hydrogen-bond acceptors (Lipinski definition) is 3. The molecule has 0 fully saturated rings. The number of aromatic hydroxyl groups is 2. The van der Waals surface area contributed by atoms with Crippen molar-refractivity contribution in [3.8, 4) is 11.5 Å². The molecule has 0 unspecified atom stereocenters. The highest BCUT2D eigenvalue weighted by Crippen LogP contribution is 2.40. The van der Waals surface area contributed by atoms with Crippen molar-refractivity contribution in [2.75, 3.05) is 0 Å². The number of carbonyl (C=O) groups excluding carboxylic acids is 1. The number of carbonyl (C=O) groups is 1. The molecule has 1 aromatic rings. The predicted octanol–water partition coefficient (Wildman–Crippen LogP) is 1.65. The molecular weight excluding hydrogens is 318 g/mol. The summed E-state index contributed by atoms with van der Waals surface area (Å²) in [5.74, 6) is -0.748. The van der Waals surface area contributed by atoms with Gasteiger partial charge in [0.25, 0.3) is 0 Å². The van der Waals surface area contributed by atoms with Crippen molar-refractivity contribution in [2.45, 2.75) is 6.42 Å². The van der Waals surface area contributed by atoms with Gasteiger partial charge in [0.1, 0.15) is 11.5 Å². The Bertz CT molecular complexity index is 393. The summed E-state index contributed by atoms with van der Waals surface area (Å²) in [5.41, 5.74) is 5.26. The van der Waals surface area contributed by atoms with Crippen LogP contribution in [-0.4, -0.2) is 16.1 Å². The molecule has 14 heavy (non-hydrogen) atoms. The van der Waals surface area contributed by atoms with Gasteiger partial charge in [0.2, 0.25) is 5.91 Å². The van der Waals surface area contributed by atoms with Gasteiger partial charge in [-0.3, -0.25) is 4.79 Å². The molecule has 0 saturated heterocycles. The third-order valence-corrected chi connectivity index (χ3v) is 3.08. The number of amides is 1. The number of phenols is 2. The van der Waals surface area contributed by atoms with Crippen LogP contribution in [0.25, 0.3) is 0 Å². The predicted molar refractivity (Wildman–Crippen MR) is 58.1 cm³/mol. The Morgan fingerprint density at radius 3 is 2.50 bits per heavy atom. The van der Waals surface area contributed by atoms with Gasteiger partial charge in [0, 0.05) is 5.56 Å². The van der Waals surface area contributed by atoms with E-state index in [0.717, 1.165) is 0 Å². The molecule has 6 heteroatoms. The van der Waals surface area contributed by atoms with Gasteiger partial charge in [0.15, 0.2) is 0 Å². The first-order valence-corrected chi connectivity index (χ1v) is 5.19. The standard InChI is InChI=1S/C8H7Br2NO3/c9-4-2-5(12)3(1-6(11)13)7(10)8(4)14/h2,12,14H,1H2,(H2,11,13). The second kappa shape index (κ2) is 4.18. The van der Waals surface area contributed by atoms with Crippen LogP contribution in [0.2, 0.25) is 0 Å². The van der Waals surface area contributed by atoms with Crippen LogP contribution in [0.1, 0.15) is 5.56 Å². The Balaban J connectivity index is 3.29. The second-order valence-corrected chi connectivity index (χ2v) is 4.31. The lowest BCUT2D eigenvalue weighted by atomic mass is 10.1. The quantitative estimate of drug-likeness (QED) is 0.723. The van der Waals surface area contributed by atoms with E-state index in [1.165, 1.54) is 6.07 Å². The molecule has 4 nitrogen and oxygen atoms in total. The van der Waals surface area contributed by atoms with E-state index in [0.29, 0.717) is 4.47 Å². The lowest BCUT2D eigenvalue weighted by Crippen LogP contribution is -2.14. The van der Waals surface area contributed by atoms with Gasteiger partial charge >= 0.3 is 0 Å². The smallest absolute Gasteiger partial charge is 0.222 e. The molecular formula is C8H7Br2NO3. The van der Waals surface area contributed by atoms with Crippen molar-refractivity contribution in [2.24, 2.45) is 5.73 Å². The van der Waals surface area contributed by atoms with Crippen LogP contribution in [0.15, 0.2) is 15.0 Å². The fourth-order valence-electron chi connectivity index (χ4n) is 0.978. The topological polar surface area (TPSA) is 83.6 Å². The van der Waals surface area contributed by atoms with E-state index < -0.39 is 5.91 Å². The van der Waals surface area contributed by atoms with E-state index in [1.807, 2.05) is 0 Å². The fourth-order valence-corrected chi connectivity index (χ4v) is 2.22. The SMILES string of the molecule is NC(=O)Cc1c(O)cc(Br)c(O)c1Br. The molecule has 0 aromatic heterocycles. The average Bonchev–Trinajstić information content (AvgIpc) is 2.09. The van der Waals surface area contributed by atoms with E-state index in [4.69, 9.17) is 5.73 Å². The van der Waals surface area contributed by atoms with Gasteiger partial charge < -0.3 is 15.9 Å². The highest BCUT2D eigenvalue weighted by molar-refractivity contribution is 9.11. The van der Waals surface area contributed by atoms with Crippen LogP contribution < -0.4 is 5.73 Å². The first kappa shape index (κ1) is 11.3. The number of halogens is 2. The summed E-state index contributed by atoms with van der Waals surface area (Å²) in [5, 5.41) is 18.9. The lowest BCUT2D eigenvalue weighted by Gasteiger charge is -2.08. The van der Waals surface area contributed by atoms with E-state index in [9.17, 15) is 15.0 Å². The Morgan fingerprint density at radius 1 is 1.43 bits per heavy atom. The maximum Gasteiger partial charge on any atom is 0.222 e. The van der Waals surface area contributed by atoms with Crippen LogP contribution in [0.5, 0.6) is 11.5 Å². The van der Waals surface area contributed by atoms with Crippen molar-refractivity contribution in [3.05, 3.63) is 20.6 Å². The number of nitrogens with two attached hydrogens (primary N) is 1. The van der Waals surface area contributed by atoms with E-state index >= 15 is 0 Å². The maximum absolute atomic E-state index is 10.7. The normalized spacial score (nSPS) is 10.1. The van der Waals surface area contributed by atoms with Gasteiger partial charge in [0.05, 0.1) is 15.4 Å². The van der Waals surface area contributed by atoms with Gasteiger partial charge in [-0.15, -0.1) is 0 Å². The number of hydrogen-bond donors (Lipinski definition) is 3. The summed E-state index contributed by atoms with van der Waals surface area (Å²) in [4.78, 5) is 10.7. The third kappa shape index (κ3) is 2.19. The monoisotopic (exact) mass is 323 g/mol. The minimum Gasteiger partial charge on any atom is -0.508 e. The second-order valence-electron chi connectivity index (χ2n) is 2.66. The van der Waals surface area contributed by atoms with Crippen LogP contribution in [0, 0.1) is 0 Å². The number of phenolic OH excluding ortho intramolecular Hbond substituents is 2. The zero-order chi connectivity index (χ0) is 10.9. The van der Waals surface area contributed by atoms with Gasteiger partial charge in [-0.2, -0.15) is 0 Å². The molecule has 0 heterocycles. The molecule has 0 bridgehead atoms. The average molecular weight is 325 g/mol. The summed E-state index contributed by atoms with van der Waals surface area (Å²) in [6.07, 6.45) is -0.132. The third-order valence-electron chi connectivity index (χ3n) is 1.62. The minimum absolute atomic E-state index is 0.0703. The molecule has 76 valence electrons. The molecule has 4 N–H and O–H groups in total. The summed E-state index contributed by atoms with van der Waals surface area (Å²) in [7, 11) is 0. The minimum atomic E-state index is -0.581. The summed E-state index contributed by atoms with van der Waals surface area (Å²) >= 11 is 6.10. The molecule has 0 spiro atoms. The highest BCUT2D eigenvalue weighted by atomic mass is 79.9. The van der Waals surface area contributed by atoms with Crippen LogP contribution in [-0.2, 0) is 11.2 Å².